The lowest BCUT2D eigenvalue weighted by Gasteiger charge is -2.23. The van der Waals surface area contributed by atoms with Crippen LogP contribution in [0, 0.1) is 0 Å². The van der Waals surface area contributed by atoms with Crippen LogP contribution in [0.5, 0.6) is 0 Å². The maximum absolute atomic E-state index is 5.24. The lowest BCUT2D eigenvalue weighted by atomic mass is 10.2. The van der Waals surface area contributed by atoms with Crippen molar-refractivity contribution in [3.05, 3.63) is 18.3 Å². The highest BCUT2D eigenvalue weighted by Gasteiger charge is 2.18. The van der Waals surface area contributed by atoms with Crippen molar-refractivity contribution in [3.63, 3.8) is 0 Å². The molecule has 0 radical (unpaired) electrons. The Hall–Kier alpha value is -1.29. The molecule has 1 N–H and O–H groups in total. The fourth-order valence-electron chi connectivity index (χ4n) is 2.37. The van der Waals surface area contributed by atoms with E-state index < -0.39 is 0 Å². The van der Waals surface area contributed by atoms with Crippen LogP contribution in [0.4, 0.5) is 11.5 Å². The highest BCUT2D eigenvalue weighted by Crippen LogP contribution is 2.26. The molecule has 1 aliphatic rings. The molecule has 1 aromatic rings. The van der Waals surface area contributed by atoms with Crippen LogP contribution in [0.1, 0.15) is 26.2 Å². The Morgan fingerprint density at radius 1 is 1.44 bits per heavy atom. The minimum atomic E-state index is 0.348. The van der Waals surface area contributed by atoms with Crippen molar-refractivity contribution in [2.45, 2.75) is 32.2 Å². The molecule has 4 nitrogen and oxygen atoms in total. The molecule has 0 amide bonds. The number of anilines is 2. The number of aromatic nitrogens is 1. The van der Waals surface area contributed by atoms with Crippen LogP contribution < -0.4 is 10.2 Å². The molecular formula is C14H23N3O. The summed E-state index contributed by atoms with van der Waals surface area (Å²) in [7, 11) is 1.75. The van der Waals surface area contributed by atoms with Gasteiger partial charge in [0.1, 0.15) is 0 Å². The van der Waals surface area contributed by atoms with E-state index in [9.17, 15) is 0 Å². The van der Waals surface area contributed by atoms with Gasteiger partial charge in [0, 0.05) is 32.4 Å². The summed E-state index contributed by atoms with van der Waals surface area (Å²) < 4.78 is 5.24. The molecule has 0 aromatic carbocycles. The number of ether oxygens (including phenoxy) is 1. The highest BCUT2D eigenvalue weighted by molar-refractivity contribution is 5.66. The highest BCUT2D eigenvalue weighted by atomic mass is 16.5. The van der Waals surface area contributed by atoms with E-state index in [0.29, 0.717) is 6.04 Å². The second-order valence-electron chi connectivity index (χ2n) is 4.77. The normalized spacial score (nSPS) is 16.9. The average molecular weight is 249 g/mol. The van der Waals surface area contributed by atoms with Crippen LogP contribution >= 0.6 is 0 Å². The molecule has 1 saturated heterocycles. The van der Waals surface area contributed by atoms with Crippen LogP contribution in [0.25, 0.3) is 0 Å². The summed E-state index contributed by atoms with van der Waals surface area (Å²) in [6, 6.07) is 4.45. The first-order valence-corrected chi connectivity index (χ1v) is 6.80. The van der Waals surface area contributed by atoms with Gasteiger partial charge >= 0.3 is 0 Å². The van der Waals surface area contributed by atoms with E-state index in [2.05, 4.69) is 28.2 Å². The van der Waals surface area contributed by atoms with Crippen molar-refractivity contribution in [3.8, 4) is 0 Å². The van der Waals surface area contributed by atoms with Crippen LogP contribution in [-0.4, -0.2) is 37.8 Å². The summed E-state index contributed by atoms with van der Waals surface area (Å²) in [5.74, 6) is 1.09. The summed E-state index contributed by atoms with van der Waals surface area (Å²) in [5, 5.41) is 3.55. The summed E-state index contributed by atoms with van der Waals surface area (Å²) in [4.78, 5) is 6.89. The summed E-state index contributed by atoms with van der Waals surface area (Å²) in [6.45, 7) is 5.13. The Morgan fingerprint density at radius 2 is 2.22 bits per heavy atom. The SMILES string of the molecule is CCC(COC)Nc1cccnc1N1CCCC1. The third-order valence-electron chi connectivity index (χ3n) is 3.41. The summed E-state index contributed by atoms with van der Waals surface area (Å²) >= 11 is 0. The van der Waals surface area contributed by atoms with Gasteiger partial charge in [-0.3, -0.25) is 0 Å². The zero-order chi connectivity index (χ0) is 12.8. The third-order valence-corrected chi connectivity index (χ3v) is 3.41. The molecule has 0 saturated carbocycles. The number of nitrogens with zero attached hydrogens (tertiary/aromatic N) is 2. The van der Waals surface area contributed by atoms with Crippen LogP contribution in [0.15, 0.2) is 18.3 Å². The minimum Gasteiger partial charge on any atom is -0.383 e. The first-order chi connectivity index (χ1) is 8.85. The van der Waals surface area contributed by atoms with E-state index in [4.69, 9.17) is 4.74 Å². The fourth-order valence-corrected chi connectivity index (χ4v) is 2.37. The molecule has 1 aromatic heterocycles. The Kier molecular flexibility index (Phi) is 4.81. The van der Waals surface area contributed by atoms with Crippen molar-refractivity contribution in [1.82, 2.24) is 4.98 Å². The van der Waals surface area contributed by atoms with E-state index in [0.717, 1.165) is 37.6 Å². The number of rotatable bonds is 6. The van der Waals surface area contributed by atoms with Crippen molar-refractivity contribution in [2.24, 2.45) is 0 Å². The molecular weight excluding hydrogens is 226 g/mol. The number of nitrogens with one attached hydrogen (secondary N) is 1. The fraction of sp³-hybridized carbons (Fsp3) is 0.643. The van der Waals surface area contributed by atoms with Crippen LogP contribution in [0.3, 0.4) is 0 Å². The average Bonchev–Trinajstić information content (AvgIpc) is 2.92. The lowest BCUT2D eigenvalue weighted by Crippen LogP contribution is -2.27. The van der Waals surface area contributed by atoms with E-state index in [1.807, 2.05) is 12.3 Å². The van der Waals surface area contributed by atoms with E-state index in [-0.39, 0.29) is 0 Å². The largest absolute Gasteiger partial charge is 0.383 e. The van der Waals surface area contributed by atoms with Crippen molar-refractivity contribution in [2.75, 3.05) is 37.0 Å². The van der Waals surface area contributed by atoms with Gasteiger partial charge in [-0.2, -0.15) is 0 Å². The van der Waals surface area contributed by atoms with Gasteiger partial charge in [0.05, 0.1) is 12.3 Å². The maximum atomic E-state index is 5.24. The number of methoxy groups -OCH3 is 1. The quantitative estimate of drug-likeness (QED) is 0.840. The van der Waals surface area contributed by atoms with Gasteiger partial charge in [0.15, 0.2) is 5.82 Å². The molecule has 2 heterocycles. The number of hydrogen-bond acceptors (Lipinski definition) is 4. The second-order valence-corrected chi connectivity index (χ2v) is 4.77. The molecule has 1 unspecified atom stereocenters. The van der Waals surface area contributed by atoms with E-state index in [1.54, 1.807) is 7.11 Å². The van der Waals surface area contributed by atoms with E-state index >= 15 is 0 Å². The smallest absolute Gasteiger partial charge is 0.151 e. The second kappa shape index (κ2) is 6.59. The Labute approximate surface area is 109 Å². The molecule has 0 aliphatic carbocycles. The maximum Gasteiger partial charge on any atom is 0.151 e. The van der Waals surface area contributed by atoms with Gasteiger partial charge in [-0.1, -0.05) is 6.92 Å². The lowest BCUT2D eigenvalue weighted by molar-refractivity contribution is 0.184. The third kappa shape index (κ3) is 3.13. The standard InChI is InChI=1S/C14H23N3O/c1-3-12(11-18-2)16-13-7-6-8-15-14(13)17-9-4-5-10-17/h6-8,12,16H,3-5,9-11H2,1-2H3. The molecule has 0 bridgehead atoms. The zero-order valence-electron chi connectivity index (χ0n) is 11.4. The number of pyridine rings is 1. The summed E-state index contributed by atoms with van der Waals surface area (Å²) in [5.41, 5.74) is 1.13. The van der Waals surface area contributed by atoms with Crippen molar-refractivity contribution < 1.29 is 4.74 Å². The topological polar surface area (TPSA) is 37.4 Å². The first kappa shape index (κ1) is 13.1. The molecule has 0 spiro atoms. The van der Waals surface area contributed by atoms with Gasteiger partial charge in [0.2, 0.25) is 0 Å². The van der Waals surface area contributed by atoms with Gasteiger partial charge in [-0.15, -0.1) is 0 Å². The number of hydrogen-bond donors (Lipinski definition) is 1. The summed E-state index contributed by atoms with van der Waals surface area (Å²) in [6.07, 6.45) is 5.45. The van der Waals surface area contributed by atoms with Gasteiger partial charge in [-0.05, 0) is 31.4 Å². The molecule has 4 heteroatoms. The molecule has 1 atom stereocenters. The Balaban J connectivity index is 2.11. The van der Waals surface area contributed by atoms with E-state index in [1.165, 1.54) is 12.8 Å². The molecule has 18 heavy (non-hydrogen) atoms. The Bertz CT molecular complexity index is 364. The predicted molar refractivity (Wildman–Crippen MR) is 75.3 cm³/mol. The first-order valence-electron chi connectivity index (χ1n) is 6.80. The molecule has 1 aliphatic heterocycles. The molecule has 1 fully saturated rings. The van der Waals surface area contributed by atoms with Gasteiger partial charge in [-0.25, -0.2) is 4.98 Å². The minimum absolute atomic E-state index is 0.348. The predicted octanol–water partition coefficient (Wildman–Crippen LogP) is 2.52. The van der Waals surface area contributed by atoms with Gasteiger partial charge in [0.25, 0.3) is 0 Å². The van der Waals surface area contributed by atoms with Gasteiger partial charge < -0.3 is 15.0 Å². The zero-order valence-corrected chi connectivity index (χ0v) is 11.4. The van der Waals surface area contributed by atoms with Crippen LogP contribution in [-0.2, 0) is 4.74 Å². The van der Waals surface area contributed by atoms with Crippen molar-refractivity contribution >= 4 is 11.5 Å². The monoisotopic (exact) mass is 249 g/mol. The molecule has 2 rings (SSSR count). The Morgan fingerprint density at radius 3 is 2.89 bits per heavy atom. The van der Waals surface area contributed by atoms with Crippen LogP contribution in [0.2, 0.25) is 0 Å². The van der Waals surface area contributed by atoms with Crippen molar-refractivity contribution in [1.29, 1.82) is 0 Å². The molecule has 100 valence electrons.